The third-order valence-electron chi connectivity index (χ3n) is 6.53. The Kier molecular flexibility index (Phi) is 4.22. The van der Waals surface area contributed by atoms with E-state index in [2.05, 4.69) is 20.4 Å². The van der Waals surface area contributed by atoms with Gasteiger partial charge in [0.2, 0.25) is 0 Å². The molecule has 1 saturated heterocycles. The molecule has 1 aromatic heterocycles. The van der Waals surface area contributed by atoms with E-state index in [-0.39, 0.29) is 11.4 Å². The number of nitrogens with one attached hydrogen (secondary N) is 1. The van der Waals surface area contributed by atoms with Crippen molar-refractivity contribution in [2.75, 3.05) is 13.1 Å². The van der Waals surface area contributed by atoms with Gasteiger partial charge >= 0.3 is 6.03 Å². The third-order valence-corrected chi connectivity index (χ3v) is 6.53. The Bertz CT molecular complexity index is 586. The molecule has 4 rings (SSSR count). The highest BCUT2D eigenvalue weighted by Crippen LogP contribution is 2.52. The van der Waals surface area contributed by atoms with Crippen LogP contribution in [0.15, 0.2) is 6.33 Å². The summed E-state index contributed by atoms with van der Waals surface area (Å²) in [5.41, 5.74) is 0.213. The molecule has 3 fully saturated rings. The molecule has 1 aromatic rings. The average Bonchev–Trinajstić information content (AvgIpc) is 3.30. The maximum Gasteiger partial charge on any atom is 0.317 e. The SMILES string of the molecule is Cn1cnnc1C1CN(C(=O)NC2CCCCC2)CC12CCCC2. The van der Waals surface area contributed by atoms with E-state index in [1.807, 2.05) is 11.6 Å². The molecule has 3 aliphatic rings. The highest BCUT2D eigenvalue weighted by molar-refractivity contribution is 5.75. The fourth-order valence-electron chi connectivity index (χ4n) is 5.19. The highest BCUT2D eigenvalue weighted by Gasteiger charge is 2.51. The van der Waals surface area contributed by atoms with Gasteiger partial charge in [0.05, 0.1) is 0 Å². The summed E-state index contributed by atoms with van der Waals surface area (Å²) in [6.45, 7) is 1.66. The minimum absolute atomic E-state index is 0.137. The second kappa shape index (κ2) is 6.37. The Morgan fingerprint density at radius 2 is 1.96 bits per heavy atom. The van der Waals surface area contributed by atoms with Crippen molar-refractivity contribution in [1.29, 1.82) is 0 Å². The summed E-state index contributed by atoms with van der Waals surface area (Å²) in [7, 11) is 2.02. The summed E-state index contributed by atoms with van der Waals surface area (Å²) in [4.78, 5) is 14.9. The monoisotopic (exact) mass is 331 g/mol. The van der Waals surface area contributed by atoms with Crippen molar-refractivity contribution < 1.29 is 4.79 Å². The lowest BCUT2D eigenvalue weighted by Gasteiger charge is -2.29. The predicted octanol–water partition coefficient (Wildman–Crippen LogP) is 2.82. The first-order valence-electron chi connectivity index (χ1n) is 9.57. The second-order valence-corrected chi connectivity index (χ2v) is 8.09. The molecule has 0 radical (unpaired) electrons. The topological polar surface area (TPSA) is 63.1 Å². The molecular formula is C18H29N5O. The van der Waals surface area contributed by atoms with Crippen molar-refractivity contribution in [3.05, 3.63) is 12.2 Å². The van der Waals surface area contributed by atoms with Crippen LogP contribution in [0.5, 0.6) is 0 Å². The molecule has 2 aliphatic carbocycles. The van der Waals surface area contributed by atoms with Gasteiger partial charge in [-0.25, -0.2) is 4.79 Å². The lowest BCUT2D eigenvalue weighted by atomic mass is 9.76. The summed E-state index contributed by atoms with van der Waals surface area (Å²) in [5, 5.41) is 11.8. The molecule has 0 aromatic carbocycles. The Morgan fingerprint density at radius 1 is 1.21 bits per heavy atom. The quantitative estimate of drug-likeness (QED) is 0.906. The molecule has 24 heavy (non-hydrogen) atoms. The average molecular weight is 331 g/mol. The number of carbonyl (C=O) groups is 1. The molecule has 1 unspecified atom stereocenters. The maximum atomic E-state index is 12.8. The minimum Gasteiger partial charge on any atom is -0.335 e. The Labute approximate surface area is 144 Å². The van der Waals surface area contributed by atoms with Crippen LogP contribution in [0.2, 0.25) is 0 Å². The van der Waals surface area contributed by atoms with Crippen LogP contribution in [0.25, 0.3) is 0 Å². The van der Waals surface area contributed by atoms with E-state index < -0.39 is 0 Å². The number of amides is 2. The van der Waals surface area contributed by atoms with Crippen molar-refractivity contribution in [3.8, 4) is 0 Å². The van der Waals surface area contributed by atoms with Crippen LogP contribution in [-0.4, -0.2) is 44.8 Å². The van der Waals surface area contributed by atoms with E-state index in [0.717, 1.165) is 31.8 Å². The summed E-state index contributed by atoms with van der Waals surface area (Å²) in [5.74, 6) is 1.37. The Balaban J connectivity index is 1.49. The van der Waals surface area contributed by atoms with Gasteiger partial charge < -0.3 is 14.8 Å². The van der Waals surface area contributed by atoms with Crippen LogP contribution >= 0.6 is 0 Å². The van der Waals surface area contributed by atoms with Crippen LogP contribution in [0.1, 0.15) is 69.5 Å². The fourth-order valence-corrected chi connectivity index (χ4v) is 5.19. The van der Waals surface area contributed by atoms with Gasteiger partial charge in [0.15, 0.2) is 0 Å². The van der Waals surface area contributed by atoms with Gasteiger partial charge in [0, 0.05) is 32.1 Å². The number of aromatic nitrogens is 3. The molecule has 2 amide bonds. The molecule has 2 heterocycles. The minimum atomic E-state index is 0.137. The van der Waals surface area contributed by atoms with Gasteiger partial charge in [0.1, 0.15) is 12.2 Å². The van der Waals surface area contributed by atoms with Crippen LogP contribution in [0, 0.1) is 5.41 Å². The van der Waals surface area contributed by atoms with E-state index in [4.69, 9.17) is 0 Å². The first kappa shape index (κ1) is 15.9. The molecule has 0 bridgehead atoms. The molecule has 1 aliphatic heterocycles. The number of urea groups is 1. The first-order valence-corrected chi connectivity index (χ1v) is 9.57. The zero-order chi connectivity index (χ0) is 16.6. The molecule has 1 spiro atoms. The zero-order valence-corrected chi connectivity index (χ0v) is 14.7. The molecule has 2 saturated carbocycles. The molecular weight excluding hydrogens is 302 g/mol. The number of nitrogens with zero attached hydrogens (tertiary/aromatic N) is 4. The Morgan fingerprint density at radius 3 is 2.62 bits per heavy atom. The van der Waals surface area contributed by atoms with Crippen LogP contribution in [-0.2, 0) is 7.05 Å². The van der Waals surface area contributed by atoms with E-state index >= 15 is 0 Å². The normalized spacial score (nSPS) is 27.0. The van der Waals surface area contributed by atoms with E-state index in [9.17, 15) is 4.79 Å². The molecule has 132 valence electrons. The molecule has 6 nitrogen and oxygen atoms in total. The van der Waals surface area contributed by atoms with E-state index in [1.165, 1.54) is 44.9 Å². The molecule has 6 heteroatoms. The second-order valence-electron chi connectivity index (χ2n) is 8.09. The largest absolute Gasteiger partial charge is 0.335 e. The number of hydrogen-bond acceptors (Lipinski definition) is 3. The van der Waals surface area contributed by atoms with Crippen molar-refractivity contribution in [3.63, 3.8) is 0 Å². The molecule has 1 atom stereocenters. The van der Waals surface area contributed by atoms with Crippen molar-refractivity contribution >= 4 is 6.03 Å². The summed E-state index contributed by atoms with van der Waals surface area (Å²) in [6, 6.07) is 0.512. The third kappa shape index (κ3) is 2.80. The van der Waals surface area contributed by atoms with E-state index in [0.29, 0.717) is 12.0 Å². The Hall–Kier alpha value is -1.59. The van der Waals surface area contributed by atoms with Crippen molar-refractivity contribution in [1.82, 2.24) is 25.0 Å². The van der Waals surface area contributed by atoms with Crippen molar-refractivity contribution in [2.45, 2.75) is 69.7 Å². The number of aryl methyl sites for hydroxylation is 1. The highest BCUT2D eigenvalue weighted by atomic mass is 16.2. The standard InChI is InChI=1S/C18H29N5O/c1-22-13-19-21-16(22)15-11-23(12-18(15)9-5-6-10-18)17(24)20-14-7-3-2-4-8-14/h13-15H,2-12H2,1H3,(H,20,24). The fraction of sp³-hybridized carbons (Fsp3) is 0.833. The van der Waals surface area contributed by atoms with Gasteiger partial charge in [-0.1, -0.05) is 32.1 Å². The van der Waals surface area contributed by atoms with Crippen molar-refractivity contribution in [2.24, 2.45) is 12.5 Å². The van der Waals surface area contributed by atoms with Gasteiger partial charge in [-0.05, 0) is 31.1 Å². The van der Waals surface area contributed by atoms with Crippen LogP contribution < -0.4 is 5.32 Å². The zero-order valence-electron chi connectivity index (χ0n) is 14.7. The lowest BCUT2D eigenvalue weighted by molar-refractivity contribution is 0.192. The van der Waals surface area contributed by atoms with Gasteiger partial charge in [-0.3, -0.25) is 0 Å². The maximum absolute atomic E-state index is 12.8. The molecule has 1 N–H and O–H groups in total. The van der Waals surface area contributed by atoms with Crippen LogP contribution in [0.3, 0.4) is 0 Å². The summed E-state index contributed by atoms with van der Waals surface area (Å²) in [6.07, 6.45) is 12.8. The van der Waals surface area contributed by atoms with E-state index in [1.54, 1.807) is 6.33 Å². The van der Waals surface area contributed by atoms with Gasteiger partial charge in [0.25, 0.3) is 0 Å². The number of carbonyl (C=O) groups excluding carboxylic acids is 1. The van der Waals surface area contributed by atoms with Gasteiger partial charge in [-0.2, -0.15) is 0 Å². The van der Waals surface area contributed by atoms with Crippen LogP contribution in [0.4, 0.5) is 4.79 Å². The van der Waals surface area contributed by atoms with Gasteiger partial charge in [-0.15, -0.1) is 10.2 Å². The predicted molar refractivity (Wildman–Crippen MR) is 91.6 cm³/mol. The number of hydrogen-bond donors (Lipinski definition) is 1. The first-order chi connectivity index (χ1) is 11.7. The smallest absolute Gasteiger partial charge is 0.317 e. The lowest BCUT2D eigenvalue weighted by Crippen LogP contribution is -2.45. The number of likely N-dealkylation sites (tertiary alicyclic amines) is 1. The summed E-state index contributed by atoms with van der Waals surface area (Å²) >= 11 is 0. The number of rotatable bonds is 2. The summed E-state index contributed by atoms with van der Waals surface area (Å²) < 4.78 is 2.03.